The first-order valence-electron chi connectivity index (χ1n) is 7.91. The molecule has 118 valence electrons. The van der Waals surface area contributed by atoms with Gasteiger partial charge < -0.3 is 0 Å². The Morgan fingerprint density at radius 1 is 1.04 bits per heavy atom. The Hall–Kier alpha value is -1.87. The zero-order valence-corrected chi connectivity index (χ0v) is 14.1. The summed E-state index contributed by atoms with van der Waals surface area (Å²) in [6.45, 7) is 6.03. The van der Waals surface area contributed by atoms with Gasteiger partial charge in [0.15, 0.2) is 0 Å². The number of fused-ring (bicyclic) bond motifs is 5. The number of aryl methyl sites for hydroxylation is 1. The zero-order chi connectivity index (χ0) is 16.5. The SMILES string of the molecule is CC(C)=C1[C@H]2C=C[C@H]1[C@H]1C(=O)N(c3ccc(C)c(Cl)c3)C(=O)[C@@H]12. The molecule has 4 rings (SSSR count). The van der Waals surface area contributed by atoms with Crippen LogP contribution in [0.15, 0.2) is 41.5 Å². The number of hydrogen-bond donors (Lipinski definition) is 0. The second-order valence-corrected chi connectivity index (χ2v) is 7.30. The van der Waals surface area contributed by atoms with E-state index in [1.165, 1.54) is 16.0 Å². The summed E-state index contributed by atoms with van der Waals surface area (Å²) >= 11 is 6.17. The van der Waals surface area contributed by atoms with Crippen LogP contribution in [0.5, 0.6) is 0 Å². The van der Waals surface area contributed by atoms with E-state index >= 15 is 0 Å². The van der Waals surface area contributed by atoms with Gasteiger partial charge >= 0.3 is 0 Å². The summed E-state index contributed by atoms with van der Waals surface area (Å²) < 4.78 is 0. The van der Waals surface area contributed by atoms with Gasteiger partial charge in [-0.2, -0.15) is 0 Å². The summed E-state index contributed by atoms with van der Waals surface area (Å²) in [5, 5.41) is 0.575. The Bertz CT molecular complexity index is 770. The molecule has 2 amide bonds. The van der Waals surface area contributed by atoms with Crippen molar-refractivity contribution in [1.82, 2.24) is 0 Å². The largest absolute Gasteiger partial charge is 0.274 e. The Labute approximate surface area is 140 Å². The number of amides is 2. The van der Waals surface area contributed by atoms with Gasteiger partial charge in [-0.3, -0.25) is 9.59 Å². The maximum Gasteiger partial charge on any atom is 0.238 e. The van der Waals surface area contributed by atoms with Crippen molar-refractivity contribution in [3.8, 4) is 0 Å². The minimum atomic E-state index is -0.248. The Morgan fingerprint density at radius 2 is 1.61 bits per heavy atom. The topological polar surface area (TPSA) is 37.4 Å². The molecule has 1 aromatic carbocycles. The quantitative estimate of drug-likeness (QED) is 0.579. The highest BCUT2D eigenvalue weighted by molar-refractivity contribution is 6.32. The van der Waals surface area contributed by atoms with E-state index in [9.17, 15) is 9.59 Å². The molecule has 2 bridgehead atoms. The lowest BCUT2D eigenvalue weighted by atomic mass is 9.85. The highest BCUT2D eigenvalue weighted by atomic mass is 35.5. The molecule has 0 spiro atoms. The smallest absolute Gasteiger partial charge is 0.238 e. The number of rotatable bonds is 1. The average molecular weight is 328 g/mol. The van der Waals surface area contributed by atoms with Gasteiger partial charge in [0.05, 0.1) is 17.5 Å². The molecule has 0 radical (unpaired) electrons. The van der Waals surface area contributed by atoms with Gasteiger partial charge in [0, 0.05) is 16.9 Å². The van der Waals surface area contributed by atoms with Gasteiger partial charge in [-0.05, 0) is 38.5 Å². The molecule has 3 nitrogen and oxygen atoms in total. The van der Waals surface area contributed by atoms with Gasteiger partial charge in [-0.15, -0.1) is 0 Å². The molecule has 23 heavy (non-hydrogen) atoms. The second kappa shape index (κ2) is 4.81. The maximum atomic E-state index is 13.0. The lowest BCUT2D eigenvalue weighted by molar-refractivity contribution is -0.122. The minimum absolute atomic E-state index is 0.0809. The average Bonchev–Trinajstić information content (AvgIpc) is 3.13. The van der Waals surface area contributed by atoms with Crippen LogP contribution in [0, 0.1) is 30.6 Å². The van der Waals surface area contributed by atoms with Gasteiger partial charge in [0.2, 0.25) is 11.8 Å². The molecule has 2 fully saturated rings. The zero-order valence-electron chi connectivity index (χ0n) is 13.3. The van der Waals surface area contributed by atoms with Crippen LogP contribution in [0.1, 0.15) is 19.4 Å². The van der Waals surface area contributed by atoms with E-state index in [0.29, 0.717) is 10.7 Å². The number of carbonyl (C=O) groups is 2. The first-order chi connectivity index (χ1) is 10.9. The monoisotopic (exact) mass is 327 g/mol. The van der Waals surface area contributed by atoms with E-state index in [-0.39, 0.29) is 35.5 Å². The fourth-order valence-corrected chi connectivity index (χ4v) is 4.58. The normalized spacial score (nSPS) is 31.3. The van der Waals surface area contributed by atoms with Crippen molar-refractivity contribution in [3.63, 3.8) is 0 Å². The molecule has 1 aliphatic heterocycles. The number of hydrogen-bond acceptors (Lipinski definition) is 2. The Morgan fingerprint density at radius 3 is 2.09 bits per heavy atom. The number of anilines is 1. The molecule has 1 aromatic rings. The molecule has 2 aliphatic carbocycles. The molecule has 1 saturated heterocycles. The van der Waals surface area contributed by atoms with Crippen molar-refractivity contribution in [1.29, 1.82) is 0 Å². The van der Waals surface area contributed by atoms with Crippen molar-refractivity contribution in [3.05, 3.63) is 52.1 Å². The molecule has 4 atom stereocenters. The van der Waals surface area contributed by atoms with Crippen LogP contribution in [0.25, 0.3) is 0 Å². The fraction of sp³-hybridized carbons (Fsp3) is 0.368. The lowest BCUT2D eigenvalue weighted by Gasteiger charge is -2.19. The summed E-state index contributed by atoms with van der Waals surface area (Å²) in [6, 6.07) is 5.36. The Kier molecular flexibility index (Phi) is 3.08. The standard InChI is InChI=1S/C19H18ClNO2/c1-9(2)15-12-6-7-13(15)17-16(12)18(22)21(19(17)23)11-5-4-10(3)14(20)8-11/h4-8,12-13,16-17H,1-3H3/t12-,13-,16-,17-/m1/s1. The second-order valence-electron chi connectivity index (χ2n) is 6.89. The number of nitrogens with zero attached hydrogens (tertiary/aromatic N) is 1. The van der Waals surface area contributed by atoms with Crippen molar-refractivity contribution in [2.24, 2.45) is 23.7 Å². The third kappa shape index (κ3) is 1.83. The third-order valence-corrected chi connectivity index (χ3v) is 5.81. The summed E-state index contributed by atoms with van der Waals surface area (Å²) in [6.07, 6.45) is 4.20. The van der Waals surface area contributed by atoms with E-state index in [1.807, 2.05) is 13.0 Å². The van der Waals surface area contributed by atoms with E-state index in [1.54, 1.807) is 12.1 Å². The van der Waals surface area contributed by atoms with E-state index < -0.39 is 0 Å². The summed E-state index contributed by atoms with van der Waals surface area (Å²) in [7, 11) is 0. The van der Waals surface area contributed by atoms with Crippen LogP contribution < -0.4 is 4.90 Å². The van der Waals surface area contributed by atoms with Crippen LogP contribution in [-0.4, -0.2) is 11.8 Å². The molecule has 1 saturated carbocycles. The van der Waals surface area contributed by atoms with Gasteiger partial charge in [-0.1, -0.05) is 41.0 Å². The van der Waals surface area contributed by atoms with E-state index in [4.69, 9.17) is 11.6 Å². The molecule has 1 heterocycles. The molecule has 0 aromatic heterocycles. The molecule has 3 aliphatic rings. The minimum Gasteiger partial charge on any atom is -0.274 e. The fourth-order valence-electron chi connectivity index (χ4n) is 4.41. The maximum absolute atomic E-state index is 13.0. The lowest BCUT2D eigenvalue weighted by Crippen LogP contribution is -2.33. The van der Waals surface area contributed by atoms with Crippen molar-refractivity contribution < 1.29 is 9.59 Å². The van der Waals surface area contributed by atoms with Crippen molar-refractivity contribution >= 4 is 29.1 Å². The summed E-state index contributed by atoms with van der Waals surface area (Å²) in [4.78, 5) is 27.3. The third-order valence-electron chi connectivity index (χ3n) is 5.41. The van der Waals surface area contributed by atoms with Gasteiger partial charge in [0.1, 0.15) is 0 Å². The van der Waals surface area contributed by atoms with Crippen LogP contribution in [0.2, 0.25) is 5.02 Å². The molecular weight excluding hydrogens is 310 g/mol. The van der Waals surface area contributed by atoms with Crippen molar-refractivity contribution in [2.45, 2.75) is 20.8 Å². The number of imide groups is 1. The number of allylic oxidation sites excluding steroid dienone is 4. The molecule has 0 N–H and O–H groups in total. The van der Waals surface area contributed by atoms with E-state index in [0.717, 1.165) is 5.56 Å². The Balaban J connectivity index is 1.77. The van der Waals surface area contributed by atoms with Crippen LogP contribution in [0.4, 0.5) is 5.69 Å². The summed E-state index contributed by atoms with van der Waals surface area (Å²) in [5.41, 5.74) is 4.01. The van der Waals surface area contributed by atoms with Crippen LogP contribution in [-0.2, 0) is 9.59 Å². The number of halogens is 1. The predicted molar refractivity (Wildman–Crippen MR) is 90.2 cm³/mol. The first-order valence-corrected chi connectivity index (χ1v) is 8.29. The predicted octanol–water partition coefficient (Wildman–Crippen LogP) is 3.91. The van der Waals surface area contributed by atoms with Crippen molar-refractivity contribution in [2.75, 3.05) is 4.90 Å². The van der Waals surface area contributed by atoms with Gasteiger partial charge in [0.25, 0.3) is 0 Å². The van der Waals surface area contributed by atoms with Gasteiger partial charge in [-0.25, -0.2) is 4.90 Å². The summed E-state index contributed by atoms with van der Waals surface area (Å²) in [5.74, 6) is -0.509. The van der Waals surface area contributed by atoms with Crippen LogP contribution >= 0.6 is 11.6 Å². The van der Waals surface area contributed by atoms with E-state index in [2.05, 4.69) is 26.0 Å². The first kappa shape index (κ1) is 14.7. The highest BCUT2D eigenvalue weighted by Gasteiger charge is 2.61. The highest BCUT2D eigenvalue weighted by Crippen LogP contribution is 2.57. The number of benzene rings is 1. The van der Waals surface area contributed by atoms with Crippen LogP contribution in [0.3, 0.4) is 0 Å². The molecular formula is C19H18ClNO2. The number of carbonyl (C=O) groups excluding carboxylic acids is 2. The molecule has 0 unspecified atom stereocenters. The molecule has 4 heteroatoms.